The molecule has 2 aromatic rings. The minimum absolute atomic E-state index is 0.0273. The average Bonchev–Trinajstić information content (AvgIpc) is 2.97. The molecule has 2 aromatic carbocycles. The standard InChI is InChI=1S/C18H18ClNO5S/c1-2-20-18(21)8-12-11-24-17-10-14(6-7-16(12)17)25-26(22,23)15-5-3-4-13(19)9-15/h3-7,9-10,12H,2,8,11H2,1H3,(H,20,21). The smallest absolute Gasteiger partial charge is 0.339 e. The number of rotatable bonds is 6. The fourth-order valence-corrected chi connectivity index (χ4v) is 3.99. The number of ether oxygens (including phenoxy) is 1. The summed E-state index contributed by atoms with van der Waals surface area (Å²) in [4.78, 5) is 11.7. The van der Waals surface area contributed by atoms with E-state index in [0.717, 1.165) is 5.56 Å². The molecule has 1 atom stereocenters. The lowest BCUT2D eigenvalue weighted by molar-refractivity contribution is -0.121. The molecule has 1 N–H and O–H groups in total. The van der Waals surface area contributed by atoms with E-state index in [2.05, 4.69) is 5.32 Å². The van der Waals surface area contributed by atoms with Crippen LogP contribution in [0.2, 0.25) is 5.02 Å². The SMILES string of the molecule is CCNC(=O)CC1COc2cc(OS(=O)(=O)c3cccc(Cl)c3)ccc21. The summed E-state index contributed by atoms with van der Waals surface area (Å²) >= 11 is 5.84. The van der Waals surface area contributed by atoms with E-state index < -0.39 is 10.1 Å². The van der Waals surface area contributed by atoms with Gasteiger partial charge in [-0.05, 0) is 31.2 Å². The first-order chi connectivity index (χ1) is 12.4. The molecular formula is C18H18ClNO5S. The van der Waals surface area contributed by atoms with Crippen LogP contribution in [0, 0.1) is 0 Å². The van der Waals surface area contributed by atoms with Crippen molar-refractivity contribution in [3.63, 3.8) is 0 Å². The van der Waals surface area contributed by atoms with Crippen molar-refractivity contribution in [1.82, 2.24) is 5.32 Å². The maximum Gasteiger partial charge on any atom is 0.339 e. The van der Waals surface area contributed by atoms with Crippen LogP contribution in [-0.4, -0.2) is 27.5 Å². The third kappa shape index (κ3) is 4.11. The van der Waals surface area contributed by atoms with Gasteiger partial charge in [0, 0.05) is 35.5 Å². The third-order valence-corrected chi connectivity index (χ3v) is 5.44. The lowest BCUT2D eigenvalue weighted by Gasteiger charge is -2.10. The average molecular weight is 396 g/mol. The first kappa shape index (κ1) is 18.5. The molecule has 0 saturated heterocycles. The molecule has 0 radical (unpaired) electrons. The van der Waals surface area contributed by atoms with Gasteiger partial charge in [-0.1, -0.05) is 23.7 Å². The van der Waals surface area contributed by atoms with E-state index >= 15 is 0 Å². The zero-order valence-electron chi connectivity index (χ0n) is 14.1. The Bertz CT molecular complexity index is 929. The number of halogens is 1. The molecule has 138 valence electrons. The Labute approximate surface area is 157 Å². The third-order valence-electron chi connectivity index (χ3n) is 3.96. The Balaban J connectivity index is 1.77. The summed E-state index contributed by atoms with van der Waals surface area (Å²) in [6.07, 6.45) is 0.321. The molecule has 3 rings (SSSR count). The van der Waals surface area contributed by atoms with E-state index in [0.29, 0.717) is 30.3 Å². The number of benzene rings is 2. The Hall–Kier alpha value is -2.25. The molecule has 1 unspecified atom stereocenters. The number of carbonyl (C=O) groups excluding carboxylic acids is 1. The van der Waals surface area contributed by atoms with E-state index in [1.807, 2.05) is 6.92 Å². The van der Waals surface area contributed by atoms with Gasteiger partial charge in [0.25, 0.3) is 0 Å². The largest absolute Gasteiger partial charge is 0.492 e. The summed E-state index contributed by atoms with van der Waals surface area (Å²) in [5, 5.41) is 3.06. The van der Waals surface area contributed by atoms with Gasteiger partial charge in [0.2, 0.25) is 5.91 Å². The number of hydrogen-bond donors (Lipinski definition) is 1. The molecule has 1 amide bonds. The summed E-state index contributed by atoms with van der Waals surface area (Å²) in [5.74, 6) is 0.563. The number of amides is 1. The van der Waals surface area contributed by atoms with E-state index in [9.17, 15) is 13.2 Å². The van der Waals surface area contributed by atoms with E-state index in [1.165, 1.54) is 24.3 Å². The highest BCUT2D eigenvalue weighted by Gasteiger charge is 2.27. The van der Waals surface area contributed by atoms with Gasteiger partial charge in [0.05, 0.1) is 6.61 Å². The van der Waals surface area contributed by atoms with Gasteiger partial charge in [-0.25, -0.2) is 0 Å². The van der Waals surface area contributed by atoms with Gasteiger partial charge in [-0.2, -0.15) is 8.42 Å². The highest BCUT2D eigenvalue weighted by molar-refractivity contribution is 7.87. The maximum absolute atomic E-state index is 12.4. The van der Waals surface area contributed by atoms with Gasteiger partial charge in [-0.15, -0.1) is 0 Å². The van der Waals surface area contributed by atoms with Crippen LogP contribution in [0.1, 0.15) is 24.8 Å². The van der Waals surface area contributed by atoms with Crippen molar-refractivity contribution in [2.75, 3.05) is 13.2 Å². The summed E-state index contributed by atoms with van der Waals surface area (Å²) < 4.78 is 35.5. The Morgan fingerprint density at radius 3 is 2.85 bits per heavy atom. The molecule has 1 heterocycles. The van der Waals surface area contributed by atoms with Crippen molar-refractivity contribution >= 4 is 27.6 Å². The monoisotopic (exact) mass is 395 g/mol. The second-order valence-electron chi connectivity index (χ2n) is 5.86. The highest BCUT2D eigenvalue weighted by Crippen LogP contribution is 2.38. The van der Waals surface area contributed by atoms with Crippen LogP contribution in [0.4, 0.5) is 0 Å². The molecule has 0 bridgehead atoms. The van der Waals surface area contributed by atoms with Crippen molar-refractivity contribution in [3.05, 3.63) is 53.1 Å². The van der Waals surface area contributed by atoms with Crippen molar-refractivity contribution in [1.29, 1.82) is 0 Å². The molecule has 1 aliphatic rings. The van der Waals surface area contributed by atoms with Gasteiger partial charge < -0.3 is 14.2 Å². The maximum atomic E-state index is 12.4. The van der Waals surface area contributed by atoms with Gasteiger partial charge in [-0.3, -0.25) is 4.79 Å². The number of hydrogen-bond acceptors (Lipinski definition) is 5. The second kappa shape index (κ2) is 7.55. The fourth-order valence-electron chi connectivity index (χ4n) is 2.77. The zero-order chi connectivity index (χ0) is 18.7. The van der Waals surface area contributed by atoms with Gasteiger partial charge in [0.15, 0.2) is 0 Å². The molecule has 0 aliphatic carbocycles. The van der Waals surface area contributed by atoms with Crippen LogP contribution < -0.4 is 14.2 Å². The predicted molar refractivity (Wildman–Crippen MR) is 97.2 cm³/mol. The summed E-state index contributed by atoms with van der Waals surface area (Å²) in [7, 11) is -4.00. The Morgan fingerprint density at radius 1 is 1.31 bits per heavy atom. The quantitative estimate of drug-likeness (QED) is 0.760. The topological polar surface area (TPSA) is 81.7 Å². The van der Waals surface area contributed by atoms with Crippen molar-refractivity contribution < 1.29 is 22.1 Å². The number of carbonyl (C=O) groups is 1. The summed E-state index contributed by atoms with van der Waals surface area (Å²) in [5.41, 5.74) is 0.865. The number of fused-ring (bicyclic) bond motifs is 1. The van der Waals surface area contributed by atoms with Crippen LogP contribution in [0.5, 0.6) is 11.5 Å². The normalized spacial score (nSPS) is 15.8. The van der Waals surface area contributed by atoms with Crippen LogP contribution in [0.25, 0.3) is 0 Å². The summed E-state index contributed by atoms with van der Waals surface area (Å²) in [6, 6.07) is 10.7. The molecular weight excluding hydrogens is 378 g/mol. The van der Waals surface area contributed by atoms with E-state index in [4.69, 9.17) is 20.5 Å². The molecule has 26 heavy (non-hydrogen) atoms. The predicted octanol–water partition coefficient (Wildman–Crippen LogP) is 3.11. The Morgan fingerprint density at radius 2 is 2.12 bits per heavy atom. The molecule has 0 aromatic heterocycles. The Kier molecular flexibility index (Phi) is 5.38. The lowest BCUT2D eigenvalue weighted by Crippen LogP contribution is -2.24. The minimum atomic E-state index is -4.00. The van der Waals surface area contributed by atoms with Crippen LogP contribution in [0.3, 0.4) is 0 Å². The van der Waals surface area contributed by atoms with E-state index in [-0.39, 0.29) is 22.5 Å². The lowest BCUT2D eigenvalue weighted by atomic mass is 9.97. The summed E-state index contributed by atoms with van der Waals surface area (Å²) in [6.45, 7) is 2.81. The van der Waals surface area contributed by atoms with Gasteiger partial charge in [0.1, 0.15) is 16.4 Å². The van der Waals surface area contributed by atoms with Crippen LogP contribution >= 0.6 is 11.6 Å². The molecule has 1 aliphatic heterocycles. The molecule has 0 saturated carbocycles. The van der Waals surface area contributed by atoms with Crippen LogP contribution in [0.15, 0.2) is 47.4 Å². The second-order valence-corrected chi connectivity index (χ2v) is 7.84. The molecule has 0 fully saturated rings. The van der Waals surface area contributed by atoms with Crippen molar-refractivity contribution in [2.24, 2.45) is 0 Å². The van der Waals surface area contributed by atoms with E-state index in [1.54, 1.807) is 18.2 Å². The number of nitrogens with one attached hydrogen (secondary N) is 1. The molecule has 6 nitrogen and oxygen atoms in total. The van der Waals surface area contributed by atoms with Crippen molar-refractivity contribution in [3.8, 4) is 11.5 Å². The molecule has 8 heteroatoms. The van der Waals surface area contributed by atoms with Crippen LogP contribution in [-0.2, 0) is 14.9 Å². The zero-order valence-corrected chi connectivity index (χ0v) is 15.6. The van der Waals surface area contributed by atoms with Gasteiger partial charge >= 0.3 is 10.1 Å². The minimum Gasteiger partial charge on any atom is -0.492 e. The van der Waals surface area contributed by atoms with Crippen molar-refractivity contribution in [2.45, 2.75) is 24.2 Å². The highest BCUT2D eigenvalue weighted by atomic mass is 35.5. The fraction of sp³-hybridized carbons (Fsp3) is 0.278. The molecule has 0 spiro atoms. The first-order valence-electron chi connectivity index (χ1n) is 8.12. The first-order valence-corrected chi connectivity index (χ1v) is 9.91.